The third-order valence-electron chi connectivity index (χ3n) is 4.97. The third-order valence-corrected chi connectivity index (χ3v) is 5.57. The lowest BCUT2D eigenvalue weighted by atomic mass is 10.1. The second-order valence-electron chi connectivity index (χ2n) is 8.10. The number of benzene rings is 3. The smallest absolute Gasteiger partial charge is 0.330 e. The maximum atomic E-state index is 13.1. The molecule has 0 spiro atoms. The summed E-state index contributed by atoms with van der Waals surface area (Å²) < 4.78 is 89.3. The van der Waals surface area contributed by atoms with E-state index in [4.69, 9.17) is 15.3 Å². The molecule has 0 aliphatic carbocycles. The standard InChI is InChI=1S/C10H10F2O3.C10H8F2O3.C6H3BrF2O.C4H6O2/c2*1-15-10(14)3-2-6-4-8(12)9(13)5-7(6)11;7-3-1-5(9)6(10)2-4(3)8;1-3-4(5)6-2/h4-5,13H,2-3H2,1H3;2-5,13H,1H3;1-2,10H;3H,1H2,2H3/b;3-2+;;. The Morgan fingerprint density at radius 2 is 1.17 bits per heavy atom. The van der Waals surface area contributed by atoms with Gasteiger partial charge in [-0.3, -0.25) is 4.79 Å². The quantitative estimate of drug-likeness (QED) is 0.0865. The summed E-state index contributed by atoms with van der Waals surface area (Å²) in [7, 11) is 3.69. The molecule has 16 heteroatoms. The molecule has 9 nitrogen and oxygen atoms in total. The number of hydrogen-bond donors (Lipinski definition) is 3. The van der Waals surface area contributed by atoms with Gasteiger partial charge < -0.3 is 29.5 Å². The summed E-state index contributed by atoms with van der Waals surface area (Å²) in [5, 5.41) is 26.2. The summed E-state index contributed by atoms with van der Waals surface area (Å²) in [6, 6.07) is 4.54. The number of phenolic OH excluding ortho intramolecular Hbond substituents is 3. The molecular formula is C30H27BrF6O9. The van der Waals surface area contributed by atoms with Crippen molar-refractivity contribution in [2.75, 3.05) is 21.3 Å². The average Bonchev–Trinajstić information content (AvgIpc) is 3.02. The molecule has 0 aliphatic heterocycles. The number of methoxy groups -OCH3 is 3. The first-order valence-electron chi connectivity index (χ1n) is 12.2. The van der Waals surface area contributed by atoms with Gasteiger partial charge in [0.15, 0.2) is 34.7 Å². The van der Waals surface area contributed by atoms with Crippen LogP contribution in [0.2, 0.25) is 0 Å². The lowest BCUT2D eigenvalue weighted by Gasteiger charge is -2.03. The summed E-state index contributed by atoms with van der Waals surface area (Å²) in [5.74, 6) is -8.71. The normalized spacial score (nSPS) is 9.78. The molecule has 46 heavy (non-hydrogen) atoms. The van der Waals surface area contributed by atoms with Gasteiger partial charge in [0, 0.05) is 42.3 Å². The van der Waals surface area contributed by atoms with Crippen molar-refractivity contribution < 1.29 is 70.3 Å². The largest absolute Gasteiger partial charge is 0.505 e. The monoisotopic (exact) mass is 724 g/mol. The van der Waals surface area contributed by atoms with Crippen molar-refractivity contribution in [1.82, 2.24) is 0 Å². The Balaban J connectivity index is 0.000000617. The highest BCUT2D eigenvalue weighted by molar-refractivity contribution is 9.10. The Hall–Kier alpha value is -4.99. The average molecular weight is 725 g/mol. The number of carbonyl (C=O) groups is 3. The summed E-state index contributed by atoms with van der Waals surface area (Å²) in [6.45, 7) is 3.16. The van der Waals surface area contributed by atoms with Crippen molar-refractivity contribution in [2.24, 2.45) is 0 Å². The molecule has 3 aromatic carbocycles. The molecule has 3 N–H and O–H groups in total. The van der Waals surface area contributed by atoms with Crippen molar-refractivity contribution in [3.63, 3.8) is 0 Å². The van der Waals surface area contributed by atoms with Crippen LogP contribution in [0.1, 0.15) is 17.5 Å². The zero-order valence-corrected chi connectivity index (χ0v) is 25.8. The molecule has 0 fully saturated rings. The lowest BCUT2D eigenvalue weighted by Crippen LogP contribution is -2.03. The zero-order chi connectivity index (χ0) is 35.6. The van der Waals surface area contributed by atoms with Gasteiger partial charge in [0.25, 0.3) is 0 Å². The summed E-state index contributed by atoms with van der Waals surface area (Å²) in [6.07, 6.45) is 3.13. The Morgan fingerprint density at radius 1 is 0.696 bits per heavy atom. The molecule has 0 bridgehead atoms. The second kappa shape index (κ2) is 20.9. The predicted molar refractivity (Wildman–Crippen MR) is 155 cm³/mol. The van der Waals surface area contributed by atoms with Gasteiger partial charge in [-0.25, -0.2) is 35.9 Å². The van der Waals surface area contributed by atoms with Crippen molar-refractivity contribution in [1.29, 1.82) is 0 Å². The highest BCUT2D eigenvalue weighted by Gasteiger charge is 2.11. The molecular weight excluding hydrogens is 698 g/mol. The molecule has 3 aromatic rings. The van der Waals surface area contributed by atoms with Crippen LogP contribution in [0.4, 0.5) is 26.3 Å². The molecule has 0 heterocycles. The van der Waals surface area contributed by atoms with Crippen LogP contribution >= 0.6 is 15.9 Å². The van der Waals surface area contributed by atoms with Gasteiger partial charge in [0.2, 0.25) is 0 Å². The van der Waals surface area contributed by atoms with Crippen molar-refractivity contribution in [2.45, 2.75) is 12.8 Å². The van der Waals surface area contributed by atoms with E-state index in [1.54, 1.807) is 0 Å². The van der Waals surface area contributed by atoms with Crippen LogP contribution in [0.3, 0.4) is 0 Å². The van der Waals surface area contributed by atoms with E-state index in [2.05, 4.69) is 36.7 Å². The van der Waals surface area contributed by atoms with Crippen LogP contribution in [-0.4, -0.2) is 54.6 Å². The second-order valence-corrected chi connectivity index (χ2v) is 8.95. The first kappa shape index (κ1) is 41.0. The molecule has 0 radical (unpaired) electrons. The highest BCUT2D eigenvalue weighted by Crippen LogP contribution is 2.24. The molecule has 0 saturated heterocycles. The number of rotatable bonds is 6. The van der Waals surface area contributed by atoms with E-state index in [1.165, 1.54) is 21.3 Å². The van der Waals surface area contributed by atoms with E-state index in [1.807, 2.05) is 0 Å². The number of hydrogen-bond acceptors (Lipinski definition) is 9. The number of esters is 3. The van der Waals surface area contributed by atoms with Crippen LogP contribution in [-0.2, 0) is 35.0 Å². The van der Waals surface area contributed by atoms with Crippen LogP contribution in [0.5, 0.6) is 17.2 Å². The summed E-state index contributed by atoms with van der Waals surface area (Å²) >= 11 is 2.75. The maximum absolute atomic E-state index is 13.1. The minimum atomic E-state index is -0.957. The van der Waals surface area contributed by atoms with Crippen molar-refractivity contribution >= 4 is 39.9 Å². The number of halogens is 7. The van der Waals surface area contributed by atoms with Crippen molar-refractivity contribution in [3.05, 3.63) is 106 Å². The van der Waals surface area contributed by atoms with Crippen LogP contribution in [0.25, 0.3) is 6.08 Å². The fourth-order valence-electron chi connectivity index (χ4n) is 2.61. The van der Waals surface area contributed by atoms with E-state index in [0.29, 0.717) is 18.2 Å². The summed E-state index contributed by atoms with van der Waals surface area (Å²) in [5.41, 5.74) is -0.105. The molecule has 0 aromatic heterocycles. The van der Waals surface area contributed by atoms with Crippen LogP contribution < -0.4 is 0 Å². The highest BCUT2D eigenvalue weighted by atomic mass is 79.9. The first-order chi connectivity index (χ1) is 21.5. The van der Waals surface area contributed by atoms with E-state index in [0.717, 1.165) is 36.4 Å². The maximum Gasteiger partial charge on any atom is 0.330 e. The Labute approximate surface area is 267 Å². The topological polar surface area (TPSA) is 140 Å². The minimum Gasteiger partial charge on any atom is -0.505 e. The summed E-state index contributed by atoms with van der Waals surface area (Å²) in [4.78, 5) is 31.3. The molecule has 0 unspecified atom stereocenters. The van der Waals surface area contributed by atoms with Gasteiger partial charge in [-0.05, 0) is 52.2 Å². The van der Waals surface area contributed by atoms with Crippen LogP contribution in [0, 0.1) is 34.9 Å². The fourth-order valence-corrected chi connectivity index (χ4v) is 2.92. The number of ether oxygens (including phenoxy) is 3. The van der Waals surface area contributed by atoms with Gasteiger partial charge in [0.05, 0.1) is 25.8 Å². The zero-order valence-electron chi connectivity index (χ0n) is 24.3. The van der Waals surface area contributed by atoms with Gasteiger partial charge in [0.1, 0.15) is 17.5 Å². The molecule has 0 aliphatic rings. The van der Waals surface area contributed by atoms with Gasteiger partial charge in [-0.2, -0.15) is 0 Å². The predicted octanol–water partition coefficient (Wildman–Crippen LogP) is 6.41. The fraction of sp³-hybridized carbons (Fsp3) is 0.167. The van der Waals surface area contributed by atoms with E-state index in [9.17, 15) is 40.7 Å². The SMILES string of the molecule is C=CC(=O)OC.COC(=O)/C=C/c1cc(F)c(O)cc1F.COC(=O)CCc1cc(F)c(O)cc1F.Oc1cc(F)c(Br)cc1F. The number of aromatic hydroxyl groups is 3. The van der Waals surface area contributed by atoms with Gasteiger partial charge in [-0.15, -0.1) is 0 Å². The number of phenols is 3. The van der Waals surface area contributed by atoms with Gasteiger partial charge in [-0.1, -0.05) is 6.58 Å². The molecule has 0 atom stereocenters. The van der Waals surface area contributed by atoms with E-state index >= 15 is 0 Å². The Bertz CT molecular complexity index is 1500. The molecule has 3 rings (SSSR count). The van der Waals surface area contributed by atoms with Gasteiger partial charge >= 0.3 is 17.9 Å². The number of carbonyl (C=O) groups excluding carboxylic acids is 3. The van der Waals surface area contributed by atoms with E-state index in [-0.39, 0.29) is 28.4 Å². The Kier molecular flexibility index (Phi) is 18.6. The molecule has 0 saturated carbocycles. The molecule has 0 amide bonds. The number of aryl methyl sites for hydroxylation is 1. The van der Waals surface area contributed by atoms with Crippen molar-refractivity contribution in [3.8, 4) is 17.2 Å². The molecule has 250 valence electrons. The van der Waals surface area contributed by atoms with Crippen LogP contribution in [0.15, 0.2) is 59.6 Å². The third kappa shape index (κ3) is 15.1. The first-order valence-corrected chi connectivity index (χ1v) is 13.0. The minimum absolute atomic E-state index is 0.00259. The Morgan fingerprint density at radius 3 is 1.63 bits per heavy atom. The van der Waals surface area contributed by atoms with E-state index < -0.39 is 70.1 Å². The lowest BCUT2D eigenvalue weighted by molar-refractivity contribution is -0.140.